The zero-order valence-electron chi connectivity index (χ0n) is 13.7. The lowest BCUT2D eigenvalue weighted by Crippen LogP contribution is -2.50. The van der Waals surface area contributed by atoms with Crippen molar-refractivity contribution in [1.29, 1.82) is 5.26 Å². The summed E-state index contributed by atoms with van der Waals surface area (Å²) in [5.74, 6) is -1.50. The van der Waals surface area contributed by atoms with Gasteiger partial charge in [-0.2, -0.15) is 5.26 Å². The maximum absolute atomic E-state index is 11.8. The second-order valence-electron chi connectivity index (χ2n) is 5.74. The van der Waals surface area contributed by atoms with Crippen LogP contribution in [0.1, 0.15) is 26.3 Å². The molecule has 1 aromatic rings. The fraction of sp³-hybridized carbons (Fsp3) is 0.438. The molecule has 1 N–H and O–H groups in total. The van der Waals surface area contributed by atoms with Crippen LogP contribution in [-0.2, 0) is 20.7 Å². The summed E-state index contributed by atoms with van der Waals surface area (Å²) in [6, 6.07) is 7.81. The Morgan fingerprint density at radius 1 is 1.42 bits per heavy atom. The molecule has 1 atom stereocenters. The fourth-order valence-corrected chi connectivity index (χ4v) is 1.82. The fourth-order valence-electron chi connectivity index (χ4n) is 1.82. The van der Waals surface area contributed by atoms with Crippen LogP contribution in [0.25, 0.3) is 0 Å². The maximum atomic E-state index is 11.8. The van der Waals surface area contributed by atoms with E-state index >= 15 is 0 Å². The summed E-state index contributed by atoms with van der Waals surface area (Å²) in [5.41, 5.74) is -1.05. The van der Waals surface area contributed by atoms with Gasteiger partial charge in [0, 0.05) is 11.6 Å². The Labute approximate surface area is 139 Å². The highest BCUT2D eigenvalue weighted by molar-refractivity contribution is 5.82. The van der Waals surface area contributed by atoms with Crippen LogP contribution in [0.3, 0.4) is 0 Å². The van der Waals surface area contributed by atoms with E-state index in [0.717, 1.165) is 0 Å². The van der Waals surface area contributed by atoms with Crippen LogP contribution in [0.4, 0.5) is 5.69 Å². The third-order valence-electron chi connectivity index (χ3n) is 3.67. The number of hydrogen-bond donors (Lipinski definition) is 1. The van der Waals surface area contributed by atoms with Crippen LogP contribution >= 0.6 is 0 Å². The summed E-state index contributed by atoms with van der Waals surface area (Å²) in [6.07, 6.45) is -0.315. The Kier molecular flexibility index (Phi) is 6.41. The zero-order chi connectivity index (χ0) is 18.3. The van der Waals surface area contributed by atoms with Crippen molar-refractivity contribution in [3.05, 3.63) is 39.9 Å². The summed E-state index contributed by atoms with van der Waals surface area (Å²) >= 11 is 0. The van der Waals surface area contributed by atoms with Crippen molar-refractivity contribution in [2.75, 3.05) is 6.61 Å². The first kappa shape index (κ1) is 19.1. The highest BCUT2D eigenvalue weighted by atomic mass is 16.6. The number of nitro benzene ring substituents is 1. The number of esters is 1. The predicted molar refractivity (Wildman–Crippen MR) is 84.8 cm³/mol. The van der Waals surface area contributed by atoms with E-state index in [0.29, 0.717) is 0 Å². The van der Waals surface area contributed by atoms with Crippen molar-refractivity contribution in [3.63, 3.8) is 0 Å². The number of para-hydroxylation sites is 1. The number of benzene rings is 1. The minimum atomic E-state index is -1.07. The standard InChI is InChI=1S/C16H19N3O5/c1-11(2)16(3,10-17)18-14(20)9-24-15(21)8-12-6-4-5-7-13(12)19(22)23/h4-7,11H,8-9H2,1-3H3,(H,18,20)/t16-/m1/s1. The molecule has 1 amide bonds. The molecule has 1 rings (SSSR count). The molecule has 0 unspecified atom stereocenters. The first-order chi connectivity index (χ1) is 11.2. The van der Waals surface area contributed by atoms with Gasteiger partial charge in [0.05, 0.1) is 17.4 Å². The van der Waals surface area contributed by atoms with Gasteiger partial charge in [0.2, 0.25) is 0 Å². The van der Waals surface area contributed by atoms with E-state index in [2.05, 4.69) is 5.32 Å². The number of amides is 1. The summed E-state index contributed by atoms with van der Waals surface area (Å²) in [5, 5.41) is 22.5. The van der Waals surface area contributed by atoms with Gasteiger partial charge in [0.15, 0.2) is 6.61 Å². The topological polar surface area (TPSA) is 122 Å². The minimum absolute atomic E-state index is 0.130. The van der Waals surface area contributed by atoms with Crippen molar-refractivity contribution in [2.45, 2.75) is 32.7 Å². The summed E-state index contributed by atoms with van der Waals surface area (Å²) in [6.45, 7) is 4.59. The lowest BCUT2D eigenvalue weighted by molar-refractivity contribution is -0.385. The van der Waals surface area contributed by atoms with E-state index in [4.69, 9.17) is 10.00 Å². The van der Waals surface area contributed by atoms with Crippen LogP contribution in [0, 0.1) is 27.4 Å². The predicted octanol–water partition coefficient (Wildman–Crippen LogP) is 1.73. The van der Waals surface area contributed by atoms with Gasteiger partial charge in [0.1, 0.15) is 5.54 Å². The van der Waals surface area contributed by atoms with Gasteiger partial charge >= 0.3 is 5.97 Å². The SMILES string of the molecule is CC(C)[C@@](C)(C#N)NC(=O)COC(=O)Cc1ccccc1[N+](=O)[O-]. The molecule has 0 fully saturated rings. The largest absolute Gasteiger partial charge is 0.455 e. The van der Waals surface area contributed by atoms with E-state index in [1.54, 1.807) is 26.8 Å². The van der Waals surface area contributed by atoms with E-state index in [9.17, 15) is 19.7 Å². The number of hydrogen-bond acceptors (Lipinski definition) is 6. The summed E-state index contributed by atoms with van der Waals surface area (Å²) in [7, 11) is 0. The van der Waals surface area contributed by atoms with Crippen LogP contribution < -0.4 is 5.32 Å². The molecule has 0 aliphatic rings. The third kappa shape index (κ3) is 5.05. The van der Waals surface area contributed by atoms with Gasteiger partial charge in [-0.1, -0.05) is 32.0 Å². The van der Waals surface area contributed by atoms with Crippen LogP contribution in [-0.4, -0.2) is 28.9 Å². The molecular weight excluding hydrogens is 314 g/mol. The number of nitriles is 1. The zero-order valence-corrected chi connectivity index (χ0v) is 13.7. The Morgan fingerprint density at radius 2 is 2.04 bits per heavy atom. The van der Waals surface area contributed by atoms with Gasteiger partial charge in [-0.05, 0) is 12.8 Å². The molecule has 24 heavy (non-hydrogen) atoms. The minimum Gasteiger partial charge on any atom is -0.455 e. The number of rotatable bonds is 7. The summed E-state index contributed by atoms with van der Waals surface area (Å²) < 4.78 is 4.83. The van der Waals surface area contributed by atoms with Crippen molar-refractivity contribution >= 4 is 17.6 Å². The van der Waals surface area contributed by atoms with Crippen LogP contribution in [0.5, 0.6) is 0 Å². The van der Waals surface area contributed by atoms with Crippen molar-refractivity contribution in [1.82, 2.24) is 5.32 Å². The molecule has 0 spiro atoms. The molecule has 1 aromatic carbocycles. The number of nitro groups is 1. The Bertz CT molecular complexity index is 681. The smallest absolute Gasteiger partial charge is 0.311 e. The maximum Gasteiger partial charge on any atom is 0.311 e. The van der Waals surface area contributed by atoms with Crippen LogP contribution in [0.15, 0.2) is 24.3 Å². The van der Waals surface area contributed by atoms with Gasteiger partial charge in [-0.3, -0.25) is 19.7 Å². The number of carbonyl (C=O) groups is 2. The first-order valence-corrected chi connectivity index (χ1v) is 7.29. The Balaban J connectivity index is 2.60. The molecule has 0 saturated carbocycles. The highest BCUT2D eigenvalue weighted by Gasteiger charge is 2.30. The molecule has 128 valence electrons. The molecule has 0 aliphatic carbocycles. The lowest BCUT2D eigenvalue weighted by atomic mass is 9.90. The quantitative estimate of drug-likeness (QED) is 0.460. The van der Waals surface area contributed by atoms with Gasteiger partial charge < -0.3 is 10.1 Å². The molecule has 8 heteroatoms. The molecule has 0 heterocycles. The molecule has 0 radical (unpaired) electrons. The van der Waals surface area contributed by atoms with Gasteiger partial charge in [0.25, 0.3) is 11.6 Å². The average Bonchev–Trinajstić information content (AvgIpc) is 2.53. The number of ether oxygens (including phenoxy) is 1. The van der Waals surface area contributed by atoms with E-state index < -0.39 is 28.9 Å². The van der Waals surface area contributed by atoms with Crippen molar-refractivity contribution in [3.8, 4) is 6.07 Å². The number of nitrogens with one attached hydrogen (secondary N) is 1. The second-order valence-corrected chi connectivity index (χ2v) is 5.74. The van der Waals surface area contributed by atoms with Crippen LogP contribution in [0.2, 0.25) is 0 Å². The molecule has 0 bridgehead atoms. The Hall–Kier alpha value is -2.95. The summed E-state index contributed by atoms with van der Waals surface area (Å²) in [4.78, 5) is 33.9. The Morgan fingerprint density at radius 3 is 2.58 bits per heavy atom. The monoisotopic (exact) mass is 333 g/mol. The van der Waals surface area contributed by atoms with Crippen molar-refractivity contribution in [2.24, 2.45) is 5.92 Å². The van der Waals surface area contributed by atoms with Gasteiger partial charge in [-0.15, -0.1) is 0 Å². The molecule has 0 saturated heterocycles. The van der Waals surface area contributed by atoms with E-state index in [1.807, 2.05) is 6.07 Å². The average molecular weight is 333 g/mol. The molecule has 0 aromatic heterocycles. The van der Waals surface area contributed by atoms with E-state index in [1.165, 1.54) is 18.2 Å². The van der Waals surface area contributed by atoms with Crippen molar-refractivity contribution < 1.29 is 19.2 Å². The lowest BCUT2D eigenvalue weighted by Gasteiger charge is -2.27. The third-order valence-corrected chi connectivity index (χ3v) is 3.67. The number of carbonyl (C=O) groups excluding carboxylic acids is 2. The van der Waals surface area contributed by atoms with E-state index in [-0.39, 0.29) is 23.6 Å². The normalized spacial score (nSPS) is 12.8. The second kappa shape index (κ2) is 8.06. The van der Waals surface area contributed by atoms with Gasteiger partial charge in [-0.25, -0.2) is 0 Å². The highest BCUT2D eigenvalue weighted by Crippen LogP contribution is 2.18. The molecular formula is C16H19N3O5. The molecule has 0 aliphatic heterocycles. The number of nitrogens with zero attached hydrogens (tertiary/aromatic N) is 2. The molecule has 8 nitrogen and oxygen atoms in total. The first-order valence-electron chi connectivity index (χ1n) is 7.29.